The van der Waals surface area contributed by atoms with Gasteiger partial charge in [-0.15, -0.1) is 0 Å². The fourth-order valence-corrected chi connectivity index (χ4v) is 4.74. The molecule has 2 aromatic heterocycles. The molecule has 0 aliphatic carbocycles. The molecule has 4 heterocycles. The van der Waals surface area contributed by atoms with Crippen molar-refractivity contribution in [1.82, 2.24) is 14.9 Å². The topological polar surface area (TPSA) is 82.4 Å². The fourth-order valence-electron chi connectivity index (χ4n) is 4.49. The SMILES string of the molecule is CC.Clc1ccccc1.N#Cc1ccc(N2CCC(C(=O)N3CCC(COc4ccc(Cl)cn4)C3)CC2)nc1. The van der Waals surface area contributed by atoms with E-state index in [0.29, 0.717) is 29.0 Å². The number of halogens is 2. The van der Waals surface area contributed by atoms with Gasteiger partial charge in [0.15, 0.2) is 0 Å². The van der Waals surface area contributed by atoms with Crippen molar-refractivity contribution in [2.75, 3.05) is 37.7 Å². The molecule has 2 aliphatic rings. The third-order valence-corrected chi connectivity index (χ3v) is 7.02. The van der Waals surface area contributed by atoms with Crippen molar-refractivity contribution in [2.45, 2.75) is 33.1 Å². The first-order chi connectivity index (χ1) is 19.0. The van der Waals surface area contributed by atoms with E-state index in [0.717, 1.165) is 56.3 Å². The van der Waals surface area contributed by atoms with E-state index >= 15 is 0 Å². The van der Waals surface area contributed by atoms with E-state index in [1.807, 2.05) is 55.1 Å². The summed E-state index contributed by atoms with van der Waals surface area (Å²) >= 11 is 11.4. The first-order valence-corrected chi connectivity index (χ1v) is 14.1. The van der Waals surface area contributed by atoms with Crippen LogP contribution in [-0.2, 0) is 4.79 Å². The van der Waals surface area contributed by atoms with E-state index in [-0.39, 0.29) is 11.8 Å². The molecule has 1 aromatic carbocycles. The number of carbonyl (C=O) groups excluding carboxylic acids is 1. The van der Waals surface area contributed by atoms with Gasteiger partial charge < -0.3 is 14.5 Å². The van der Waals surface area contributed by atoms with Gasteiger partial charge in [0.05, 0.1) is 17.2 Å². The average molecular weight is 569 g/mol. The van der Waals surface area contributed by atoms with E-state index in [4.69, 9.17) is 33.2 Å². The highest BCUT2D eigenvalue weighted by atomic mass is 35.5. The van der Waals surface area contributed by atoms with Crippen molar-refractivity contribution >= 4 is 34.9 Å². The van der Waals surface area contributed by atoms with Crippen LogP contribution in [0, 0.1) is 23.2 Å². The Morgan fingerprint density at radius 2 is 1.69 bits per heavy atom. The van der Waals surface area contributed by atoms with Crippen molar-refractivity contribution in [2.24, 2.45) is 11.8 Å². The van der Waals surface area contributed by atoms with E-state index in [1.54, 1.807) is 30.6 Å². The zero-order valence-electron chi connectivity index (χ0n) is 22.5. The van der Waals surface area contributed by atoms with E-state index in [1.165, 1.54) is 0 Å². The summed E-state index contributed by atoms with van der Waals surface area (Å²) in [5.41, 5.74) is 0.559. The highest BCUT2D eigenvalue weighted by Crippen LogP contribution is 2.26. The average Bonchev–Trinajstić information content (AvgIpc) is 3.48. The largest absolute Gasteiger partial charge is 0.477 e. The Labute approximate surface area is 241 Å². The zero-order valence-corrected chi connectivity index (χ0v) is 24.0. The van der Waals surface area contributed by atoms with Crippen molar-refractivity contribution < 1.29 is 9.53 Å². The maximum atomic E-state index is 13.0. The lowest BCUT2D eigenvalue weighted by Crippen LogP contribution is -2.42. The van der Waals surface area contributed by atoms with E-state index in [9.17, 15) is 4.79 Å². The Bertz CT molecular complexity index is 1180. The monoisotopic (exact) mass is 567 g/mol. The number of nitriles is 1. The van der Waals surface area contributed by atoms with Gasteiger partial charge in [0, 0.05) is 61.5 Å². The summed E-state index contributed by atoms with van der Waals surface area (Å²) in [5, 5.41) is 10.3. The molecule has 9 heteroatoms. The van der Waals surface area contributed by atoms with Crippen LogP contribution in [0.15, 0.2) is 67.0 Å². The van der Waals surface area contributed by atoms with Gasteiger partial charge in [0.2, 0.25) is 11.8 Å². The number of hydrogen-bond acceptors (Lipinski definition) is 6. The van der Waals surface area contributed by atoms with Crippen LogP contribution in [0.4, 0.5) is 5.82 Å². The molecule has 206 valence electrons. The van der Waals surface area contributed by atoms with Crippen LogP contribution in [0.1, 0.15) is 38.7 Å². The Morgan fingerprint density at radius 3 is 2.26 bits per heavy atom. The summed E-state index contributed by atoms with van der Waals surface area (Å²) < 4.78 is 5.76. The maximum absolute atomic E-state index is 13.0. The van der Waals surface area contributed by atoms with Crippen LogP contribution in [0.5, 0.6) is 5.88 Å². The van der Waals surface area contributed by atoms with E-state index < -0.39 is 0 Å². The van der Waals surface area contributed by atoms with Gasteiger partial charge in [-0.05, 0) is 49.6 Å². The molecular weight excluding hydrogens is 533 g/mol. The minimum atomic E-state index is 0.0669. The predicted molar refractivity (Wildman–Crippen MR) is 156 cm³/mol. The molecule has 0 bridgehead atoms. The van der Waals surface area contributed by atoms with Crippen molar-refractivity contribution in [3.05, 3.63) is 82.6 Å². The van der Waals surface area contributed by atoms with Crippen LogP contribution in [0.2, 0.25) is 10.0 Å². The number of amides is 1. The third-order valence-electron chi connectivity index (χ3n) is 6.54. The lowest BCUT2D eigenvalue weighted by Gasteiger charge is -2.33. The Hall–Kier alpha value is -3.34. The number of nitrogens with zero attached hydrogens (tertiary/aromatic N) is 5. The lowest BCUT2D eigenvalue weighted by molar-refractivity contribution is -0.135. The number of pyridine rings is 2. The molecule has 1 atom stereocenters. The summed E-state index contributed by atoms with van der Waals surface area (Å²) in [6, 6.07) is 18.7. The van der Waals surface area contributed by atoms with E-state index in [2.05, 4.69) is 20.9 Å². The van der Waals surface area contributed by atoms with Crippen LogP contribution in [0.25, 0.3) is 0 Å². The molecule has 1 unspecified atom stereocenters. The molecule has 2 aliphatic heterocycles. The van der Waals surface area contributed by atoms with Crippen molar-refractivity contribution in [3.63, 3.8) is 0 Å². The summed E-state index contributed by atoms with van der Waals surface area (Å²) in [5.74, 6) is 2.09. The first kappa shape index (κ1) is 30.2. The number of rotatable bonds is 5. The molecule has 5 rings (SSSR count). The van der Waals surface area contributed by atoms with Crippen molar-refractivity contribution in [1.29, 1.82) is 5.26 Å². The second kappa shape index (κ2) is 15.9. The zero-order chi connectivity index (χ0) is 28.0. The molecular formula is C30H35Cl2N5O2. The van der Waals surface area contributed by atoms with Crippen LogP contribution in [0.3, 0.4) is 0 Å². The molecule has 0 radical (unpaired) electrons. The maximum Gasteiger partial charge on any atom is 0.225 e. The molecule has 39 heavy (non-hydrogen) atoms. The first-order valence-electron chi connectivity index (χ1n) is 13.4. The summed E-state index contributed by atoms with van der Waals surface area (Å²) in [4.78, 5) is 25.7. The van der Waals surface area contributed by atoms with Gasteiger partial charge >= 0.3 is 0 Å². The molecule has 2 fully saturated rings. The second-order valence-corrected chi connectivity index (χ2v) is 10.0. The quantitative estimate of drug-likeness (QED) is 0.349. The normalized spacial score (nSPS) is 16.7. The number of hydrogen-bond donors (Lipinski definition) is 0. The highest BCUT2D eigenvalue weighted by molar-refractivity contribution is 6.30. The molecule has 0 spiro atoms. The molecule has 1 amide bonds. The smallest absolute Gasteiger partial charge is 0.225 e. The third kappa shape index (κ3) is 9.42. The Balaban J connectivity index is 0.000000401. The molecule has 0 saturated carbocycles. The number of ether oxygens (including phenoxy) is 1. The van der Waals surface area contributed by atoms with Crippen molar-refractivity contribution in [3.8, 4) is 11.9 Å². The minimum absolute atomic E-state index is 0.0669. The Morgan fingerprint density at radius 1 is 0.949 bits per heavy atom. The fraction of sp³-hybridized carbons (Fsp3) is 0.400. The number of piperidine rings is 1. The summed E-state index contributed by atoms with van der Waals surface area (Å²) in [6.45, 7) is 7.69. The number of anilines is 1. The molecule has 3 aromatic rings. The second-order valence-electron chi connectivity index (χ2n) is 9.14. The van der Waals surface area contributed by atoms with Gasteiger partial charge in [-0.1, -0.05) is 55.2 Å². The van der Waals surface area contributed by atoms with Gasteiger partial charge in [-0.3, -0.25) is 4.79 Å². The standard InChI is InChI=1S/C22H24ClN5O2.C6H5Cl.C2H6/c23-19-2-4-21(26-13-19)30-15-17-5-8-28(14-17)22(29)18-6-9-27(10-7-18)20-3-1-16(11-24)12-25-20;7-6-4-2-1-3-5-6;1-2/h1-4,12-13,17-18H,5-10,14-15H2;1-5H;1-2H3. The van der Waals surface area contributed by atoms with Gasteiger partial charge in [-0.2, -0.15) is 5.26 Å². The van der Waals surface area contributed by atoms with Crippen LogP contribution >= 0.6 is 23.2 Å². The number of aromatic nitrogens is 2. The van der Waals surface area contributed by atoms with Gasteiger partial charge in [0.1, 0.15) is 11.9 Å². The minimum Gasteiger partial charge on any atom is -0.477 e. The van der Waals surface area contributed by atoms with Crippen LogP contribution in [-0.4, -0.2) is 53.6 Å². The molecule has 7 nitrogen and oxygen atoms in total. The summed E-state index contributed by atoms with van der Waals surface area (Å²) in [6.07, 6.45) is 5.77. The molecule has 2 saturated heterocycles. The van der Waals surface area contributed by atoms with Gasteiger partial charge in [-0.25, -0.2) is 9.97 Å². The number of carbonyl (C=O) groups is 1. The number of benzene rings is 1. The number of likely N-dealkylation sites (tertiary alicyclic amines) is 1. The van der Waals surface area contributed by atoms with Gasteiger partial charge in [0.25, 0.3) is 0 Å². The summed E-state index contributed by atoms with van der Waals surface area (Å²) in [7, 11) is 0. The molecule has 0 N–H and O–H groups in total. The Kier molecular flexibility index (Phi) is 12.3. The predicted octanol–water partition coefficient (Wildman–Crippen LogP) is 6.51. The lowest BCUT2D eigenvalue weighted by atomic mass is 9.95. The highest BCUT2D eigenvalue weighted by Gasteiger charge is 2.33. The van der Waals surface area contributed by atoms with Crippen LogP contribution < -0.4 is 9.64 Å².